The van der Waals surface area contributed by atoms with Crippen LogP contribution in [0.4, 0.5) is 11.4 Å². The van der Waals surface area contributed by atoms with Crippen molar-refractivity contribution in [2.45, 2.75) is 38.1 Å². The van der Waals surface area contributed by atoms with E-state index in [2.05, 4.69) is 41.0 Å². The first kappa shape index (κ1) is 19.8. The normalized spacial score (nSPS) is 18.2. The molecule has 0 aromatic heterocycles. The summed E-state index contributed by atoms with van der Waals surface area (Å²) >= 11 is 5.93. The highest BCUT2D eigenvalue weighted by Crippen LogP contribution is 2.36. The van der Waals surface area contributed by atoms with E-state index in [-0.39, 0.29) is 11.9 Å². The van der Waals surface area contributed by atoms with Gasteiger partial charge in [0.2, 0.25) is 5.91 Å². The van der Waals surface area contributed by atoms with E-state index in [4.69, 9.17) is 16.6 Å². The molecule has 1 heterocycles. The zero-order chi connectivity index (χ0) is 21.2. The van der Waals surface area contributed by atoms with Gasteiger partial charge in [-0.15, -0.1) is 0 Å². The van der Waals surface area contributed by atoms with Crippen LogP contribution in [-0.4, -0.2) is 11.7 Å². The molecule has 1 amide bonds. The van der Waals surface area contributed by atoms with Gasteiger partial charge in [-0.3, -0.25) is 9.79 Å². The molecule has 0 radical (unpaired) electrons. The van der Waals surface area contributed by atoms with Crippen molar-refractivity contribution in [1.29, 1.82) is 0 Å². The second-order valence-electron chi connectivity index (χ2n) is 8.14. The Morgan fingerprint density at radius 3 is 2.71 bits per heavy atom. The van der Waals surface area contributed by atoms with E-state index >= 15 is 0 Å². The molecule has 1 aliphatic carbocycles. The fourth-order valence-electron chi connectivity index (χ4n) is 4.49. The van der Waals surface area contributed by atoms with Crippen molar-refractivity contribution >= 4 is 34.7 Å². The van der Waals surface area contributed by atoms with Gasteiger partial charge in [-0.2, -0.15) is 0 Å². The summed E-state index contributed by atoms with van der Waals surface area (Å²) in [6, 6.07) is 22.2. The number of amidine groups is 1. The maximum absolute atomic E-state index is 12.6. The van der Waals surface area contributed by atoms with Crippen molar-refractivity contribution in [3.63, 3.8) is 0 Å². The number of benzene rings is 3. The molecular weight excluding hydrogens is 406 g/mol. The van der Waals surface area contributed by atoms with Gasteiger partial charge in [0.15, 0.2) is 0 Å². The van der Waals surface area contributed by atoms with Crippen molar-refractivity contribution < 1.29 is 4.79 Å². The Kier molecular flexibility index (Phi) is 5.47. The molecule has 0 saturated carbocycles. The third-order valence-corrected chi connectivity index (χ3v) is 6.28. The zero-order valence-electron chi connectivity index (χ0n) is 17.2. The van der Waals surface area contributed by atoms with Crippen LogP contribution >= 0.6 is 11.6 Å². The number of carbonyl (C=O) groups is 1. The summed E-state index contributed by atoms with van der Waals surface area (Å²) in [7, 11) is 0. The number of hydrogen-bond donors (Lipinski definition) is 2. The van der Waals surface area contributed by atoms with Crippen LogP contribution in [-0.2, 0) is 24.1 Å². The molecule has 2 N–H and O–H groups in total. The molecule has 4 nitrogen and oxygen atoms in total. The highest BCUT2D eigenvalue weighted by atomic mass is 35.5. The summed E-state index contributed by atoms with van der Waals surface area (Å²) in [4.78, 5) is 17.6. The van der Waals surface area contributed by atoms with Gasteiger partial charge >= 0.3 is 0 Å². The van der Waals surface area contributed by atoms with Crippen molar-refractivity contribution in [3.05, 3.63) is 94.0 Å². The van der Waals surface area contributed by atoms with E-state index in [1.807, 2.05) is 36.4 Å². The van der Waals surface area contributed by atoms with Gasteiger partial charge in [-0.25, -0.2) is 0 Å². The maximum Gasteiger partial charge on any atom is 0.228 e. The number of nitrogens with one attached hydrogen (secondary N) is 2. The van der Waals surface area contributed by atoms with Crippen LogP contribution in [0.3, 0.4) is 0 Å². The Balaban J connectivity index is 1.29. The number of hydrogen-bond acceptors (Lipinski definition) is 2. The molecule has 0 spiro atoms. The SMILES string of the molecule is O=C(Cc1ccc(Cl)cc1)Nc1cccc2c1CCC(=N[C@@H]1CCc3ccccc31)N2. The van der Waals surface area contributed by atoms with E-state index in [9.17, 15) is 4.79 Å². The quantitative estimate of drug-likeness (QED) is 0.537. The Morgan fingerprint density at radius 1 is 1.00 bits per heavy atom. The monoisotopic (exact) mass is 429 g/mol. The zero-order valence-corrected chi connectivity index (χ0v) is 18.0. The van der Waals surface area contributed by atoms with Crippen LogP contribution in [0.2, 0.25) is 5.02 Å². The first-order valence-corrected chi connectivity index (χ1v) is 11.1. The summed E-state index contributed by atoms with van der Waals surface area (Å²) in [6.07, 6.45) is 4.18. The number of halogens is 1. The molecule has 156 valence electrons. The number of nitrogens with zero attached hydrogens (tertiary/aromatic N) is 1. The molecule has 0 bridgehead atoms. The first-order valence-electron chi connectivity index (χ1n) is 10.7. The van der Waals surface area contributed by atoms with E-state index in [1.54, 1.807) is 0 Å². The number of fused-ring (bicyclic) bond motifs is 2. The lowest BCUT2D eigenvalue weighted by Crippen LogP contribution is -2.23. The molecule has 31 heavy (non-hydrogen) atoms. The maximum atomic E-state index is 12.6. The second-order valence-corrected chi connectivity index (χ2v) is 8.57. The standard InChI is InChI=1S/C26H24ClN3O/c27-19-11-8-17(9-12-19)16-26(31)30-23-7-3-6-22-21(23)13-15-25(28-22)29-24-14-10-18-4-1-2-5-20(18)24/h1-9,11-12,24H,10,13-16H2,(H,28,29)(H,30,31)/t24-/m1/s1. The molecular formula is C26H24ClN3O. The van der Waals surface area contributed by atoms with E-state index in [0.29, 0.717) is 11.4 Å². The molecule has 3 aromatic rings. The van der Waals surface area contributed by atoms with Gasteiger partial charge in [-0.05, 0) is 65.8 Å². The average molecular weight is 430 g/mol. The van der Waals surface area contributed by atoms with Crippen molar-refractivity contribution in [3.8, 4) is 0 Å². The number of aryl methyl sites for hydroxylation is 1. The van der Waals surface area contributed by atoms with Crippen LogP contribution in [0.25, 0.3) is 0 Å². The third-order valence-electron chi connectivity index (χ3n) is 6.03. The minimum atomic E-state index is -0.0299. The first-order chi connectivity index (χ1) is 15.2. The van der Waals surface area contributed by atoms with Crippen molar-refractivity contribution in [1.82, 2.24) is 0 Å². The van der Waals surface area contributed by atoms with Gasteiger partial charge < -0.3 is 10.6 Å². The Labute approximate surface area is 187 Å². The summed E-state index contributed by atoms with van der Waals surface area (Å²) in [6.45, 7) is 0. The largest absolute Gasteiger partial charge is 0.344 e. The molecule has 1 aliphatic heterocycles. The number of rotatable bonds is 4. The number of aliphatic imine (C=N–C) groups is 1. The molecule has 1 atom stereocenters. The van der Waals surface area contributed by atoms with Gasteiger partial charge in [-0.1, -0.05) is 54.1 Å². The number of anilines is 2. The Hall–Kier alpha value is -3.11. The molecule has 0 saturated heterocycles. The number of carbonyl (C=O) groups excluding carboxylic acids is 1. The topological polar surface area (TPSA) is 53.5 Å². The van der Waals surface area contributed by atoms with Crippen LogP contribution in [0.1, 0.15) is 41.1 Å². The van der Waals surface area contributed by atoms with E-state index < -0.39 is 0 Å². The molecule has 3 aromatic carbocycles. The van der Waals surface area contributed by atoms with Gasteiger partial charge in [0.25, 0.3) is 0 Å². The summed E-state index contributed by atoms with van der Waals surface area (Å²) in [5.74, 6) is 0.997. The van der Waals surface area contributed by atoms with E-state index in [1.165, 1.54) is 11.1 Å². The average Bonchev–Trinajstić information content (AvgIpc) is 3.18. The highest BCUT2D eigenvalue weighted by molar-refractivity contribution is 6.30. The molecule has 0 fully saturated rings. The smallest absolute Gasteiger partial charge is 0.228 e. The number of amides is 1. The summed E-state index contributed by atoms with van der Waals surface area (Å²) < 4.78 is 0. The predicted octanol–water partition coefficient (Wildman–Crippen LogP) is 5.97. The van der Waals surface area contributed by atoms with Gasteiger partial charge in [0, 0.05) is 22.8 Å². The van der Waals surface area contributed by atoms with Gasteiger partial charge in [0.05, 0.1) is 12.5 Å². The van der Waals surface area contributed by atoms with Crippen LogP contribution < -0.4 is 10.6 Å². The molecule has 5 rings (SSSR count). The van der Waals surface area contributed by atoms with Crippen LogP contribution in [0.5, 0.6) is 0 Å². The predicted molar refractivity (Wildman–Crippen MR) is 127 cm³/mol. The molecule has 2 aliphatic rings. The highest BCUT2D eigenvalue weighted by Gasteiger charge is 2.24. The minimum absolute atomic E-state index is 0.0299. The fourth-order valence-corrected chi connectivity index (χ4v) is 4.61. The second kappa shape index (κ2) is 8.56. The summed E-state index contributed by atoms with van der Waals surface area (Å²) in [5.41, 5.74) is 6.74. The third kappa shape index (κ3) is 4.35. The lowest BCUT2D eigenvalue weighted by atomic mass is 10.00. The lowest BCUT2D eigenvalue weighted by molar-refractivity contribution is -0.115. The van der Waals surface area contributed by atoms with Crippen molar-refractivity contribution in [2.75, 3.05) is 10.6 Å². The molecule has 5 heteroatoms. The summed E-state index contributed by atoms with van der Waals surface area (Å²) in [5, 5.41) is 7.26. The van der Waals surface area contributed by atoms with Crippen LogP contribution in [0, 0.1) is 0 Å². The Morgan fingerprint density at radius 2 is 1.84 bits per heavy atom. The Bertz CT molecular complexity index is 1150. The van der Waals surface area contributed by atoms with E-state index in [0.717, 1.165) is 54.0 Å². The molecule has 0 unspecified atom stereocenters. The fraction of sp³-hybridized carbons (Fsp3) is 0.231. The van der Waals surface area contributed by atoms with Crippen molar-refractivity contribution in [2.24, 2.45) is 4.99 Å². The van der Waals surface area contributed by atoms with Gasteiger partial charge in [0.1, 0.15) is 5.84 Å². The van der Waals surface area contributed by atoms with Crippen LogP contribution in [0.15, 0.2) is 71.7 Å². The lowest BCUT2D eigenvalue weighted by Gasteiger charge is -2.23. The minimum Gasteiger partial charge on any atom is -0.344 e.